The second-order valence-electron chi connectivity index (χ2n) is 4.39. The van der Waals surface area contributed by atoms with Crippen LogP contribution in [0.2, 0.25) is 0 Å². The Morgan fingerprint density at radius 1 is 1.19 bits per heavy atom. The molecule has 0 saturated heterocycles. The molecule has 2 aromatic rings. The van der Waals surface area contributed by atoms with Crippen LogP contribution in [-0.2, 0) is 13.0 Å². The summed E-state index contributed by atoms with van der Waals surface area (Å²) in [6.45, 7) is 0.431. The molecule has 0 aliphatic rings. The number of hydrogen-bond donors (Lipinski definition) is 0. The van der Waals surface area contributed by atoms with Crippen molar-refractivity contribution < 1.29 is 17.9 Å². The summed E-state index contributed by atoms with van der Waals surface area (Å²) in [5.41, 5.74) is 1.64. The molecule has 4 nitrogen and oxygen atoms in total. The van der Waals surface area contributed by atoms with Crippen LogP contribution in [-0.4, -0.2) is 27.2 Å². The van der Waals surface area contributed by atoms with Crippen molar-refractivity contribution in [2.75, 3.05) is 5.88 Å². The van der Waals surface area contributed by atoms with E-state index in [2.05, 4.69) is 15.0 Å². The normalized spacial score (nSPS) is 11.6. The van der Waals surface area contributed by atoms with Crippen LogP contribution in [0, 0.1) is 0 Å². The molecule has 0 aliphatic heterocycles. The number of alkyl halides is 4. The van der Waals surface area contributed by atoms with Crippen molar-refractivity contribution in [3.63, 3.8) is 0 Å². The summed E-state index contributed by atoms with van der Waals surface area (Å²) in [5, 5.41) is 7.96. The van der Waals surface area contributed by atoms with Gasteiger partial charge >= 0.3 is 6.36 Å². The molecule has 0 saturated carbocycles. The van der Waals surface area contributed by atoms with Crippen molar-refractivity contribution >= 4 is 11.6 Å². The Kier molecular flexibility index (Phi) is 5.06. The summed E-state index contributed by atoms with van der Waals surface area (Å²) >= 11 is 5.60. The van der Waals surface area contributed by atoms with E-state index in [0.717, 1.165) is 24.1 Å². The average molecular weight is 320 g/mol. The maximum atomic E-state index is 12.0. The molecule has 1 heterocycles. The highest BCUT2D eigenvalue weighted by atomic mass is 35.5. The van der Waals surface area contributed by atoms with Crippen molar-refractivity contribution in [2.24, 2.45) is 0 Å². The Balaban J connectivity index is 1.95. The minimum absolute atomic E-state index is 0.243. The van der Waals surface area contributed by atoms with Gasteiger partial charge in [-0.25, -0.2) is 4.68 Å². The number of aromatic nitrogens is 3. The first-order valence-electron chi connectivity index (χ1n) is 6.26. The third kappa shape index (κ3) is 5.26. The van der Waals surface area contributed by atoms with Crippen LogP contribution in [0.15, 0.2) is 30.5 Å². The SMILES string of the molecule is FC(F)(F)Oc1ccc(Cn2cc(CCCCl)nn2)cc1. The molecule has 1 aromatic heterocycles. The monoisotopic (exact) mass is 319 g/mol. The van der Waals surface area contributed by atoms with Gasteiger partial charge in [-0.05, 0) is 30.5 Å². The molecular formula is C13H13ClF3N3O. The number of rotatable bonds is 6. The van der Waals surface area contributed by atoms with E-state index in [-0.39, 0.29) is 5.75 Å². The number of ether oxygens (including phenoxy) is 1. The molecule has 1 aromatic carbocycles. The molecule has 114 valence electrons. The van der Waals surface area contributed by atoms with Gasteiger partial charge < -0.3 is 4.74 Å². The predicted molar refractivity (Wildman–Crippen MR) is 71.3 cm³/mol. The van der Waals surface area contributed by atoms with Crippen LogP contribution in [0.25, 0.3) is 0 Å². The maximum absolute atomic E-state index is 12.0. The van der Waals surface area contributed by atoms with E-state index >= 15 is 0 Å². The van der Waals surface area contributed by atoms with Crippen molar-refractivity contribution in [3.05, 3.63) is 41.7 Å². The van der Waals surface area contributed by atoms with E-state index in [0.29, 0.717) is 12.4 Å². The van der Waals surface area contributed by atoms with Crippen molar-refractivity contribution in [2.45, 2.75) is 25.7 Å². The Morgan fingerprint density at radius 2 is 1.90 bits per heavy atom. The summed E-state index contributed by atoms with van der Waals surface area (Å²) < 4.78 is 41.6. The van der Waals surface area contributed by atoms with E-state index in [1.54, 1.807) is 23.0 Å². The Labute approximate surface area is 124 Å². The first-order chi connectivity index (χ1) is 9.96. The lowest BCUT2D eigenvalue weighted by atomic mass is 10.2. The van der Waals surface area contributed by atoms with E-state index in [1.807, 2.05) is 0 Å². The summed E-state index contributed by atoms with van der Waals surface area (Å²) in [6.07, 6.45) is -1.30. The second kappa shape index (κ2) is 6.80. The Bertz CT molecular complexity index is 569. The largest absolute Gasteiger partial charge is 0.573 e. The minimum atomic E-state index is -4.68. The van der Waals surface area contributed by atoms with Gasteiger partial charge in [-0.15, -0.1) is 29.9 Å². The molecule has 0 bridgehead atoms. The fraction of sp³-hybridized carbons (Fsp3) is 0.385. The van der Waals surface area contributed by atoms with Crippen LogP contribution in [0.4, 0.5) is 13.2 Å². The average Bonchev–Trinajstić information content (AvgIpc) is 2.85. The van der Waals surface area contributed by atoms with E-state index in [1.165, 1.54) is 12.1 Å². The van der Waals surface area contributed by atoms with Gasteiger partial charge in [0.05, 0.1) is 12.2 Å². The lowest BCUT2D eigenvalue weighted by Crippen LogP contribution is -2.17. The Hall–Kier alpha value is -1.76. The van der Waals surface area contributed by atoms with Gasteiger partial charge in [0.2, 0.25) is 0 Å². The van der Waals surface area contributed by atoms with Crippen LogP contribution < -0.4 is 4.74 Å². The van der Waals surface area contributed by atoms with Crippen molar-refractivity contribution in [1.29, 1.82) is 0 Å². The summed E-state index contributed by atoms with van der Waals surface area (Å²) in [4.78, 5) is 0. The quantitative estimate of drug-likeness (QED) is 0.766. The first kappa shape index (κ1) is 15.6. The van der Waals surface area contributed by atoms with Gasteiger partial charge in [0.1, 0.15) is 5.75 Å². The number of nitrogens with zero attached hydrogens (tertiary/aromatic N) is 3. The maximum Gasteiger partial charge on any atom is 0.573 e. The molecule has 0 N–H and O–H groups in total. The van der Waals surface area contributed by atoms with E-state index < -0.39 is 6.36 Å². The fourth-order valence-corrected chi connectivity index (χ4v) is 1.90. The third-order valence-corrected chi connectivity index (χ3v) is 2.92. The Morgan fingerprint density at radius 3 is 2.52 bits per heavy atom. The molecular weight excluding hydrogens is 307 g/mol. The van der Waals surface area contributed by atoms with Crippen LogP contribution in [0.3, 0.4) is 0 Å². The molecule has 0 radical (unpaired) electrons. The van der Waals surface area contributed by atoms with Crippen LogP contribution in [0.1, 0.15) is 17.7 Å². The van der Waals surface area contributed by atoms with Gasteiger partial charge in [0.25, 0.3) is 0 Å². The molecule has 0 fully saturated rings. The molecule has 8 heteroatoms. The van der Waals surface area contributed by atoms with Gasteiger partial charge in [-0.2, -0.15) is 0 Å². The zero-order chi connectivity index (χ0) is 15.3. The second-order valence-corrected chi connectivity index (χ2v) is 4.77. The zero-order valence-corrected chi connectivity index (χ0v) is 11.7. The molecule has 21 heavy (non-hydrogen) atoms. The van der Waals surface area contributed by atoms with Gasteiger partial charge in [0.15, 0.2) is 0 Å². The molecule has 0 spiro atoms. The summed E-state index contributed by atoms with van der Waals surface area (Å²) in [6, 6.07) is 5.66. The lowest BCUT2D eigenvalue weighted by molar-refractivity contribution is -0.274. The zero-order valence-electron chi connectivity index (χ0n) is 11.0. The minimum Gasteiger partial charge on any atom is -0.406 e. The standard InChI is InChI=1S/C13H13ClF3N3O/c14-7-1-2-11-9-20(19-18-11)8-10-3-5-12(6-4-10)21-13(15,16)17/h3-6,9H,1-2,7-8H2. The third-order valence-electron chi connectivity index (χ3n) is 2.65. The number of benzene rings is 1. The topological polar surface area (TPSA) is 39.9 Å². The van der Waals surface area contributed by atoms with Crippen molar-refractivity contribution in [1.82, 2.24) is 15.0 Å². The van der Waals surface area contributed by atoms with Gasteiger partial charge in [0, 0.05) is 12.1 Å². The lowest BCUT2D eigenvalue weighted by Gasteiger charge is -2.09. The van der Waals surface area contributed by atoms with E-state index in [4.69, 9.17) is 11.6 Å². The number of hydrogen-bond acceptors (Lipinski definition) is 3. The smallest absolute Gasteiger partial charge is 0.406 e. The highest BCUT2D eigenvalue weighted by molar-refractivity contribution is 6.17. The molecule has 2 rings (SSSR count). The number of aryl methyl sites for hydroxylation is 1. The molecule has 0 amide bonds. The molecule has 0 atom stereocenters. The molecule has 0 aliphatic carbocycles. The van der Waals surface area contributed by atoms with Gasteiger partial charge in [-0.1, -0.05) is 17.3 Å². The number of halogens is 4. The summed E-state index contributed by atoms with van der Waals surface area (Å²) in [7, 11) is 0. The predicted octanol–water partition coefficient (Wildman–Crippen LogP) is 3.40. The first-order valence-corrected chi connectivity index (χ1v) is 6.79. The van der Waals surface area contributed by atoms with E-state index in [9.17, 15) is 13.2 Å². The summed E-state index contributed by atoms with van der Waals surface area (Å²) in [5.74, 6) is 0.320. The highest BCUT2D eigenvalue weighted by Gasteiger charge is 2.30. The molecule has 0 unspecified atom stereocenters. The van der Waals surface area contributed by atoms with Crippen LogP contribution >= 0.6 is 11.6 Å². The fourth-order valence-electron chi connectivity index (χ4n) is 1.76. The van der Waals surface area contributed by atoms with Crippen LogP contribution in [0.5, 0.6) is 5.75 Å². The highest BCUT2D eigenvalue weighted by Crippen LogP contribution is 2.22. The van der Waals surface area contributed by atoms with Gasteiger partial charge in [-0.3, -0.25) is 0 Å². The van der Waals surface area contributed by atoms with Crippen molar-refractivity contribution in [3.8, 4) is 5.75 Å².